The molecule has 0 aromatic heterocycles. The van der Waals surface area contributed by atoms with Crippen molar-refractivity contribution < 1.29 is 23.1 Å². The Balaban J connectivity index is 2.78. The van der Waals surface area contributed by atoms with Crippen molar-refractivity contribution in [2.45, 2.75) is 52.1 Å². The molecule has 1 heterocycles. The Morgan fingerprint density at radius 2 is 2.14 bits per heavy atom. The van der Waals surface area contributed by atoms with Crippen LogP contribution >= 0.6 is 0 Å². The third-order valence-electron chi connectivity index (χ3n) is 3.36. The molecule has 0 aromatic carbocycles. The molecule has 0 aliphatic carbocycles. The summed E-state index contributed by atoms with van der Waals surface area (Å²) in [5, 5.41) is 9.30. The van der Waals surface area contributed by atoms with Gasteiger partial charge in [0.05, 0.1) is 13.2 Å². The van der Waals surface area contributed by atoms with Gasteiger partial charge in [0.25, 0.3) is 10.2 Å². The van der Waals surface area contributed by atoms with Gasteiger partial charge in [-0.2, -0.15) is 17.4 Å². The molecule has 0 aromatic rings. The minimum atomic E-state index is -3.81. The molecule has 2 unspecified atom stereocenters. The van der Waals surface area contributed by atoms with E-state index in [4.69, 9.17) is 4.74 Å². The van der Waals surface area contributed by atoms with Crippen LogP contribution in [-0.4, -0.2) is 55.6 Å². The highest BCUT2D eigenvalue weighted by Gasteiger charge is 2.40. The summed E-state index contributed by atoms with van der Waals surface area (Å²) in [6.45, 7) is 5.84. The number of nitrogens with one attached hydrogen (secondary N) is 1. The fraction of sp³-hybridized carbons (Fsp3) is 0.923. The number of rotatable bonds is 8. The van der Waals surface area contributed by atoms with E-state index in [1.807, 2.05) is 13.8 Å². The minimum absolute atomic E-state index is 0.225. The lowest BCUT2D eigenvalue weighted by Crippen LogP contribution is -2.50. The second-order valence-electron chi connectivity index (χ2n) is 5.65. The van der Waals surface area contributed by atoms with Crippen LogP contribution in [0.3, 0.4) is 0 Å². The predicted octanol–water partition coefficient (Wildman–Crippen LogP) is 0.255. The number of aliphatic hydroxyl groups excluding tert-OH is 1. The zero-order chi connectivity index (χ0) is 16.0. The van der Waals surface area contributed by atoms with Gasteiger partial charge in [-0.3, -0.25) is 4.79 Å². The lowest BCUT2D eigenvalue weighted by Gasteiger charge is -2.26. The van der Waals surface area contributed by atoms with E-state index in [1.165, 1.54) is 0 Å². The molecule has 0 spiro atoms. The number of hydrogen-bond donors (Lipinski definition) is 2. The van der Waals surface area contributed by atoms with E-state index in [1.54, 1.807) is 6.92 Å². The predicted molar refractivity (Wildman–Crippen MR) is 78.7 cm³/mol. The molecule has 2 N–H and O–H groups in total. The average Bonchev–Trinajstić information content (AvgIpc) is 2.87. The first-order valence-electron chi connectivity index (χ1n) is 7.38. The summed E-state index contributed by atoms with van der Waals surface area (Å²) in [7, 11) is -3.81. The molecule has 8 heteroatoms. The molecule has 2 atom stereocenters. The van der Waals surface area contributed by atoms with Gasteiger partial charge in [0.15, 0.2) is 0 Å². The van der Waals surface area contributed by atoms with E-state index in [9.17, 15) is 18.3 Å². The summed E-state index contributed by atoms with van der Waals surface area (Å²) in [6, 6.07) is -1.31. The smallest absolute Gasteiger partial charge is 0.324 e. The molecule has 1 aliphatic rings. The normalized spacial score (nSPS) is 21.7. The Hall–Kier alpha value is -0.700. The number of carbonyl (C=O) groups excluding carboxylic acids is 1. The van der Waals surface area contributed by atoms with E-state index in [-0.39, 0.29) is 19.1 Å². The van der Waals surface area contributed by atoms with E-state index in [0.29, 0.717) is 25.8 Å². The molecule has 7 nitrogen and oxygen atoms in total. The first-order chi connectivity index (χ1) is 9.81. The van der Waals surface area contributed by atoms with Crippen LogP contribution in [0.1, 0.15) is 40.0 Å². The van der Waals surface area contributed by atoms with Crippen LogP contribution in [0.4, 0.5) is 0 Å². The summed E-state index contributed by atoms with van der Waals surface area (Å²) in [5.41, 5.74) is 0. The molecule has 1 aliphatic heterocycles. The van der Waals surface area contributed by atoms with Crippen LogP contribution in [0.15, 0.2) is 0 Å². The van der Waals surface area contributed by atoms with Gasteiger partial charge in [-0.1, -0.05) is 13.8 Å². The molecular formula is C13H26N2O5S. The van der Waals surface area contributed by atoms with Gasteiger partial charge in [-0.05, 0) is 32.1 Å². The molecule has 21 heavy (non-hydrogen) atoms. The number of aliphatic hydroxyl groups is 1. The van der Waals surface area contributed by atoms with Gasteiger partial charge < -0.3 is 9.84 Å². The Kier molecular flexibility index (Phi) is 7.05. The van der Waals surface area contributed by atoms with Gasteiger partial charge in [-0.25, -0.2) is 0 Å². The maximum Gasteiger partial charge on any atom is 0.324 e. The highest BCUT2D eigenvalue weighted by molar-refractivity contribution is 7.87. The third-order valence-corrected chi connectivity index (χ3v) is 5.05. The Morgan fingerprint density at radius 3 is 2.67 bits per heavy atom. The monoisotopic (exact) mass is 322 g/mol. The molecule has 1 saturated heterocycles. The molecule has 124 valence electrons. The Labute approximate surface area is 126 Å². The quantitative estimate of drug-likeness (QED) is 0.625. The first kappa shape index (κ1) is 18.3. The van der Waals surface area contributed by atoms with Crippen LogP contribution in [0.5, 0.6) is 0 Å². The van der Waals surface area contributed by atoms with Gasteiger partial charge in [0.2, 0.25) is 0 Å². The largest absolute Gasteiger partial charge is 0.465 e. The van der Waals surface area contributed by atoms with E-state index < -0.39 is 28.3 Å². The van der Waals surface area contributed by atoms with Crippen molar-refractivity contribution >= 4 is 16.2 Å². The van der Waals surface area contributed by atoms with Crippen molar-refractivity contribution in [2.75, 3.05) is 19.8 Å². The number of ether oxygens (including phenoxy) is 1. The van der Waals surface area contributed by atoms with E-state index >= 15 is 0 Å². The van der Waals surface area contributed by atoms with Crippen LogP contribution < -0.4 is 4.72 Å². The third kappa shape index (κ3) is 5.21. The van der Waals surface area contributed by atoms with Crippen LogP contribution in [-0.2, 0) is 19.7 Å². The molecular weight excluding hydrogens is 296 g/mol. The first-order valence-corrected chi connectivity index (χ1v) is 8.82. The van der Waals surface area contributed by atoms with Gasteiger partial charge in [0.1, 0.15) is 6.04 Å². The maximum absolute atomic E-state index is 12.4. The summed E-state index contributed by atoms with van der Waals surface area (Å²) in [5.74, 6) is -0.255. The Bertz CT molecular complexity index is 438. The van der Waals surface area contributed by atoms with Crippen LogP contribution in [0, 0.1) is 5.92 Å². The fourth-order valence-electron chi connectivity index (χ4n) is 2.51. The SMILES string of the molecule is CCOC(=O)C1CCCN1S(=O)(=O)NC(CO)CC(C)C. The van der Waals surface area contributed by atoms with Crippen molar-refractivity contribution in [3.63, 3.8) is 0 Å². The highest BCUT2D eigenvalue weighted by atomic mass is 32.2. The van der Waals surface area contributed by atoms with Crippen molar-refractivity contribution in [3.8, 4) is 0 Å². The number of esters is 1. The van der Waals surface area contributed by atoms with E-state index in [0.717, 1.165) is 4.31 Å². The van der Waals surface area contributed by atoms with Crippen molar-refractivity contribution in [2.24, 2.45) is 5.92 Å². The van der Waals surface area contributed by atoms with E-state index in [2.05, 4.69) is 4.72 Å². The number of hydrogen-bond acceptors (Lipinski definition) is 5. The van der Waals surface area contributed by atoms with Crippen molar-refractivity contribution in [1.29, 1.82) is 0 Å². The van der Waals surface area contributed by atoms with Crippen LogP contribution in [0.2, 0.25) is 0 Å². The lowest BCUT2D eigenvalue weighted by atomic mass is 10.1. The highest BCUT2D eigenvalue weighted by Crippen LogP contribution is 2.22. The second-order valence-corrected chi connectivity index (χ2v) is 7.31. The average molecular weight is 322 g/mol. The Morgan fingerprint density at radius 1 is 1.48 bits per heavy atom. The number of carbonyl (C=O) groups is 1. The topological polar surface area (TPSA) is 95.9 Å². The van der Waals surface area contributed by atoms with Crippen molar-refractivity contribution in [1.82, 2.24) is 9.03 Å². The zero-order valence-electron chi connectivity index (χ0n) is 12.9. The lowest BCUT2D eigenvalue weighted by molar-refractivity contribution is -0.146. The van der Waals surface area contributed by atoms with Gasteiger partial charge >= 0.3 is 5.97 Å². The second kappa shape index (κ2) is 8.07. The van der Waals surface area contributed by atoms with Crippen LogP contribution in [0.25, 0.3) is 0 Å². The molecule has 1 rings (SSSR count). The minimum Gasteiger partial charge on any atom is -0.465 e. The van der Waals surface area contributed by atoms with Gasteiger partial charge in [0, 0.05) is 12.6 Å². The van der Waals surface area contributed by atoms with Crippen molar-refractivity contribution in [3.05, 3.63) is 0 Å². The summed E-state index contributed by atoms with van der Waals surface area (Å²) in [4.78, 5) is 11.8. The summed E-state index contributed by atoms with van der Waals surface area (Å²) < 4.78 is 33.4. The molecule has 0 amide bonds. The summed E-state index contributed by atoms with van der Waals surface area (Å²) >= 11 is 0. The van der Waals surface area contributed by atoms with Gasteiger partial charge in [-0.15, -0.1) is 0 Å². The molecule has 0 bridgehead atoms. The zero-order valence-corrected chi connectivity index (χ0v) is 13.7. The maximum atomic E-state index is 12.4. The molecule has 0 saturated carbocycles. The summed E-state index contributed by atoms with van der Waals surface area (Å²) in [6.07, 6.45) is 1.62. The number of nitrogens with zero attached hydrogens (tertiary/aromatic N) is 1. The molecule has 0 radical (unpaired) electrons. The standard InChI is InChI=1S/C13H26N2O5S/c1-4-20-13(17)12-6-5-7-15(12)21(18,19)14-11(9-16)8-10(2)3/h10-12,14,16H,4-9H2,1-3H3. The molecule has 1 fully saturated rings. The fourth-order valence-corrected chi connectivity index (χ4v) is 4.13.